The molecular weight excluding hydrogens is 189 g/mol. The molecule has 2 rings (SSSR count). The maximum Gasteiger partial charge on any atom is 0.125 e. The summed E-state index contributed by atoms with van der Waals surface area (Å²) in [4.78, 5) is 4.18. The van der Waals surface area contributed by atoms with Crippen LogP contribution < -0.4 is 0 Å². The third kappa shape index (κ3) is 1.84. The summed E-state index contributed by atoms with van der Waals surface area (Å²) in [7, 11) is 0. The fraction of sp³-hybridized carbons (Fsp3) is 0.308. The lowest BCUT2D eigenvalue weighted by Crippen LogP contribution is -2.11. The van der Waals surface area contributed by atoms with Gasteiger partial charge in [-0.1, -0.05) is 20.8 Å². The molecule has 2 heteroatoms. The lowest BCUT2D eigenvalue weighted by atomic mass is 9.85. The number of hydrogen-bond donors (Lipinski definition) is 0. The summed E-state index contributed by atoms with van der Waals surface area (Å²) in [5.74, 6) is -0.235. The first-order chi connectivity index (χ1) is 6.98. The van der Waals surface area contributed by atoms with Gasteiger partial charge in [-0.2, -0.15) is 0 Å². The van der Waals surface area contributed by atoms with E-state index in [4.69, 9.17) is 0 Å². The standard InChI is InChI=1S/C13H14FN/c1-13(2,3)11-6-7-15-12-8-9(14)4-5-10(11)12/h4-8H,1-3H3. The number of benzene rings is 1. The second kappa shape index (κ2) is 3.30. The summed E-state index contributed by atoms with van der Waals surface area (Å²) in [6.45, 7) is 6.43. The molecule has 1 nitrogen and oxygen atoms in total. The molecular formula is C13H14FN. The molecule has 0 saturated heterocycles. The van der Waals surface area contributed by atoms with Crippen molar-refractivity contribution in [2.24, 2.45) is 0 Å². The Morgan fingerprint density at radius 2 is 1.87 bits per heavy atom. The molecule has 1 aromatic heterocycles. The highest BCUT2D eigenvalue weighted by Crippen LogP contribution is 2.28. The molecule has 0 aliphatic rings. The van der Waals surface area contributed by atoms with Crippen LogP contribution in [0.2, 0.25) is 0 Å². The predicted octanol–water partition coefficient (Wildman–Crippen LogP) is 3.67. The van der Waals surface area contributed by atoms with Crippen LogP contribution >= 0.6 is 0 Å². The zero-order chi connectivity index (χ0) is 11.1. The second-order valence-corrected chi connectivity index (χ2v) is 4.77. The molecule has 0 saturated carbocycles. The Bertz CT molecular complexity index is 497. The van der Waals surface area contributed by atoms with Crippen molar-refractivity contribution in [3.63, 3.8) is 0 Å². The smallest absolute Gasteiger partial charge is 0.125 e. The van der Waals surface area contributed by atoms with Gasteiger partial charge in [0.2, 0.25) is 0 Å². The Balaban J connectivity index is 2.77. The molecule has 0 amide bonds. The van der Waals surface area contributed by atoms with Crippen molar-refractivity contribution in [3.8, 4) is 0 Å². The first-order valence-electron chi connectivity index (χ1n) is 5.03. The van der Waals surface area contributed by atoms with Crippen molar-refractivity contribution < 1.29 is 4.39 Å². The lowest BCUT2D eigenvalue weighted by Gasteiger charge is -2.20. The largest absolute Gasteiger partial charge is 0.256 e. The average Bonchev–Trinajstić information content (AvgIpc) is 2.15. The molecule has 0 atom stereocenters. The van der Waals surface area contributed by atoms with Crippen LogP contribution in [0, 0.1) is 5.82 Å². The normalized spacial score (nSPS) is 12.0. The zero-order valence-electron chi connectivity index (χ0n) is 9.21. The molecule has 1 aromatic carbocycles. The van der Waals surface area contributed by atoms with E-state index in [1.165, 1.54) is 17.7 Å². The monoisotopic (exact) mass is 203 g/mol. The van der Waals surface area contributed by atoms with Gasteiger partial charge in [0, 0.05) is 17.6 Å². The van der Waals surface area contributed by atoms with E-state index in [9.17, 15) is 4.39 Å². The summed E-state index contributed by atoms with van der Waals surface area (Å²) in [6.07, 6.45) is 1.74. The molecule has 2 aromatic rings. The van der Waals surface area contributed by atoms with E-state index in [2.05, 4.69) is 25.8 Å². The van der Waals surface area contributed by atoms with Crippen molar-refractivity contribution in [1.82, 2.24) is 4.98 Å². The lowest BCUT2D eigenvalue weighted by molar-refractivity contribution is 0.594. The van der Waals surface area contributed by atoms with Gasteiger partial charge in [0.1, 0.15) is 5.82 Å². The SMILES string of the molecule is CC(C)(C)c1ccnc2cc(F)ccc12. The minimum atomic E-state index is -0.235. The van der Waals surface area contributed by atoms with Crippen LogP contribution in [-0.2, 0) is 5.41 Å². The molecule has 15 heavy (non-hydrogen) atoms. The molecule has 0 aliphatic carbocycles. The van der Waals surface area contributed by atoms with Crippen LogP contribution in [0.3, 0.4) is 0 Å². The van der Waals surface area contributed by atoms with E-state index in [0.717, 1.165) is 10.9 Å². The predicted molar refractivity (Wildman–Crippen MR) is 60.4 cm³/mol. The summed E-state index contributed by atoms with van der Waals surface area (Å²) in [5.41, 5.74) is 1.98. The van der Waals surface area contributed by atoms with Crippen molar-refractivity contribution >= 4 is 10.9 Å². The van der Waals surface area contributed by atoms with Crippen LogP contribution in [0.5, 0.6) is 0 Å². The van der Waals surface area contributed by atoms with Gasteiger partial charge in [-0.25, -0.2) is 4.39 Å². The van der Waals surface area contributed by atoms with Gasteiger partial charge in [-0.15, -0.1) is 0 Å². The molecule has 0 spiro atoms. The average molecular weight is 203 g/mol. The summed E-state index contributed by atoms with van der Waals surface area (Å²) in [6, 6.07) is 6.77. The second-order valence-electron chi connectivity index (χ2n) is 4.77. The van der Waals surface area contributed by atoms with Crippen LogP contribution in [0.15, 0.2) is 30.5 Å². The van der Waals surface area contributed by atoms with E-state index in [0.29, 0.717) is 0 Å². The highest BCUT2D eigenvalue weighted by molar-refractivity contribution is 5.82. The van der Waals surface area contributed by atoms with Gasteiger partial charge in [0.15, 0.2) is 0 Å². The molecule has 0 N–H and O–H groups in total. The number of aromatic nitrogens is 1. The summed E-state index contributed by atoms with van der Waals surface area (Å²) in [5, 5.41) is 1.03. The van der Waals surface area contributed by atoms with Gasteiger partial charge in [0.05, 0.1) is 5.52 Å². The summed E-state index contributed by atoms with van der Waals surface area (Å²) < 4.78 is 13.0. The minimum Gasteiger partial charge on any atom is -0.256 e. The van der Waals surface area contributed by atoms with Gasteiger partial charge in [-0.3, -0.25) is 4.98 Å². The highest BCUT2D eigenvalue weighted by Gasteiger charge is 2.16. The van der Waals surface area contributed by atoms with Crippen molar-refractivity contribution in [2.75, 3.05) is 0 Å². The molecule has 0 unspecified atom stereocenters. The first-order valence-corrected chi connectivity index (χ1v) is 5.03. The Kier molecular flexibility index (Phi) is 2.22. The molecule has 0 bridgehead atoms. The fourth-order valence-electron chi connectivity index (χ4n) is 1.78. The number of nitrogens with zero attached hydrogens (tertiary/aromatic N) is 1. The Labute approximate surface area is 89.0 Å². The molecule has 1 heterocycles. The van der Waals surface area contributed by atoms with Crippen LogP contribution in [0.4, 0.5) is 4.39 Å². The number of halogens is 1. The van der Waals surface area contributed by atoms with Gasteiger partial charge in [-0.05, 0) is 29.2 Å². The zero-order valence-corrected chi connectivity index (χ0v) is 9.21. The highest BCUT2D eigenvalue weighted by atomic mass is 19.1. The number of pyridine rings is 1. The molecule has 78 valence electrons. The summed E-state index contributed by atoms with van der Waals surface area (Å²) >= 11 is 0. The van der Waals surface area contributed by atoms with E-state index >= 15 is 0 Å². The topological polar surface area (TPSA) is 12.9 Å². The van der Waals surface area contributed by atoms with Crippen LogP contribution in [0.1, 0.15) is 26.3 Å². The quantitative estimate of drug-likeness (QED) is 0.636. The van der Waals surface area contributed by atoms with E-state index in [-0.39, 0.29) is 11.2 Å². The Hall–Kier alpha value is -1.44. The third-order valence-corrected chi connectivity index (χ3v) is 2.51. The molecule has 0 fully saturated rings. The van der Waals surface area contributed by atoms with E-state index in [1.807, 2.05) is 6.07 Å². The molecule has 0 aliphatic heterocycles. The number of hydrogen-bond acceptors (Lipinski definition) is 1. The van der Waals surface area contributed by atoms with Crippen LogP contribution in [0.25, 0.3) is 10.9 Å². The van der Waals surface area contributed by atoms with Gasteiger partial charge in [0.25, 0.3) is 0 Å². The maximum atomic E-state index is 13.0. The minimum absolute atomic E-state index is 0.0546. The number of fused-ring (bicyclic) bond motifs is 1. The third-order valence-electron chi connectivity index (χ3n) is 2.51. The fourth-order valence-corrected chi connectivity index (χ4v) is 1.78. The van der Waals surface area contributed by atoms with Crippen molar-refractivity contribution in [1.29, 1.82) is 0 Å². The van der Waals surface area contributed by atoms with Crippen LogP contribution in [-0.4, -0.2) is 4.98 Å². The maximum absolute atomic E-state index is 13.0. The van der Waals surface area contributed by atoms with E-state index in [1.54, 1.807) is 12.3 Å². The first kappa shape index (κ1) is 10.1. The van der Waals surface area contributed by atoms with Gasteiger partial charge >= 0.3 is 0 Å². The Morgan fingerprint density at radius 3 is 2.53 bits per heavy atom. The number of rotatable bonds is 0. The van der Waals surface area contributed by atoms with Crippen molar-refractivity contribution in [3.05, 3.63) is 41.8 Å². The Morgan fingerprint density at radius 1 is 1.13 bits per heavy atom. The van der Waals surface area contributed by atoms with E-state index < -0.39 is 0 Å². The molecule has 0 radical (unpaired) electrons. The van der Waals surface area contributed by atoms with Gasteiger partial charge < -0.3 is 0 Å². The van der Waals surface area contributed by atoms with Crippen molar-refractivity contribution in [2.45, 2.75) is 26.2 Å².